The topological polar surface area (TPSA) is 74.0 Å². The first-order chi connectivity index (χ1) is 7.49. The zero-order chi connectivity index (χ0) is 12.2. The molecule has 1 unspecified atom stereocenters. The van der Waals surface area contributed by atoms with Crippen LogP contribution in [-0.2, 0) is 10.1 Å². The Hall–Kier alpha value is -1.14. The molecule has 1 aromatic rings. The summed E-state index contributed by atoms with van der Waals surface area (Å²) < 4.78 is 33.1. The summed E-state index contributed by atoms with van der Waals surface area (Å²) in [5.41, 5.74) is 0.713. The summed E-state index contributed by atoms with van der Waals surface area (Å²) in [6, 6.07) is 0. The fourth-order valence-electron chi connectivity index (χ4n) is 1.49. The van der Waals surface area contributed by atoms with Crippen molar-refractivity contribution in [3.05, 3.63) is 24.8 Å². The van der Waals surface area contributed by atoms with E-state index in [-0.39, 0.29) is 0 Å². The molecule has 90 valence electrons. The van der Waals surface area contributed by atoms with E-state index in [1.807, 2.05) is 6.92 Å². The summed E-state index contributed by atoms with van der Waals surface area (Å²) in [6.07, 6.45) is 6.73. The third-order valence-electron chi connectivity index (χ3n) is 2.37. The van der Waals surface area contributed by atoms with Crippen LogP contribution >= 0.6 is 0 Å². The van der Waals surface area contributed by atoms with Gasteiger partial charge >= 0.3 is 10.1 Å². The van der Waals surface area contributed by atoms with Gasteiger partial charge in [0.1, 0.15) is 6.20 Å². The number of hydrogen-bond acceptors (Lipinski definition) is 2. The van der Waals surface area contributed by atoms with Crippen molar-refractivity contribution in [2.45, 2.75) is 31.6 Å². The standard InChI is InChI=1S/C10H16N2O3S/c1-3-5-6-10(16(13,14)15)12-7-9(4-2)11-8-12/h4,7-8,10H,2-3,5-6H2,1H3,(H,13,14,15)/p+1. The second-order valence-electron chi connectivity index (χ2n) is 3.62. The average molecular weight is 245 g/mol. The van der Waals surface area contributed by atoms with E-state index in [4.69, 9.17) is 4.55 Å². The highest BCUT2D eigenvalue weighted by molar-refractivity contribution is 7.85. The third-order valence-corrected chi connectivity index (χ3v) is 3.54. The molecular weight excluding hydrogens is 228 g/mol. The lowest BCUT2D eigenvalue weighted by molar-refractivity contribution is -0.701. The first kappa shape index (κ1) is 12.9. The molecule has 0 aromatic carbocycles. The third kappa shape index (κ3) is 3.18. The Bertz CT molecular complexity index is 450. The van der Waals surface area contributed by atoms with Gasteiger partial charge in [0.25, 0.3) is 0 Å². The normalized spacial score (nSPS) is 13.6. The molecule has 0 saturated carbocycles. The predicted molar refractivity (Wildman–Crippen MR) is 61.2 cm³/mol. The van der Waals surface area contributed by atoms with Gasteiger partial charge in [0.2, 0.25) is 11.7 Å². The van der Waals surface area contributed by atoms with E-state index in [9.17, 15) is 8.42 Å². The molecule has 0 aliphatic rings. The van der Waals surface area contributed by atoms with Gasteiger partial charge in [-0.1, -0.05) is 19.9 Å². The van der Waals surface area contributed by atoms with Gasteiger partial charge in [-0.3, -0.25) is 4.55 Å². The lowest BCUT2D eigenvalue weighted by atomic mass is 10.2. The van der Waals surface area contributed by atoms with Gasteiger partial charge in [-0.2, -0.15) is 8.42 Å². The zero-order valence-electron chi connectivity index (χ0n) is 9.26. The van der Waals surface area contributed by atoms with Crippen molar-refractivity contribution in [1.82, 2.24) is 4.98 Å². The lowest BCUT2D eigenvalue weighted by Gasteiger charge is -2.09. The summed E-state index contributed by atoms with van der Waals surface area (Å²) in [5, 5.41) is -0.919. The maximum atomic E-state index is 11.2. The fraction of sp³-hybridized carbons (Fsp3) is 0.500. The molecule has 0 fully saturated rings. The first-order valence-corrected chi connectivity index (χ1v) is 6.67. The van der Waals surface area contributed by atoms with E-state index in [1.54, 1.807) is 12.3 Å². The summed E-state index contributed by atoms with van der Waals surface area (Å²) in [7, 11) is -4.08. The van der Waals surface area contributed by atoms with Crippen molar-refractivity contribution >= 4 is 16.2 Å². The number of imidazole rings is 1. The Balaban J connectivity index is 2.96. The van der Waals surface area contributed by atoms with Crippen LogP contribution < -0.4 is 4.57 Å². The molecule has 0 saturated heterocycles. The smallest absolute Gasteiger partial charge is 0.282 e. The molecule has 0 aliphatic carbocycles. The van der Waals surface area contributed by atoms with E-state index in [0.717, 1.165) is 12.8 Å². The minimum Gasteiger partial charge on any atom is -0.282 e. The van der Waals surface area contributed by atoms with Crippen LogP contribution in [0.4, 0.5) is 0 Å². The molecule has 6 heteroatoms. The lowest BCUT2D eigenvalue weighted by Crippen LogP contribution is -2.41. The molecule has 1 rings (SSSR count). The number of rotatable bonds is 6. The fourth-order valence-corrected chi connectivity index (χ4v) is 2.39. The molecule has 5 nitrogen and oxygen atoms in total. The number of aromatic nitrogens is 2. The molecule has 16 heavy (non-hydrogen) atoms. The second-order valence-corrected chi connectivity index (χ2v) is 5.20. The maximum absolute atomic E-state index is 11.2. The van der Waals surface area contributed by atoms with Gasteiger partial charge in [-0.05, 0) is 12.5 Å². The molecule has 1 atom stereocenters. The highest BCUT2D eigenvalue weighted by Gasteiger charge is 2.28. The zero-order valence-corrected chi connectivity index (χ0v) is 10.1. The molecule has 1 aromatic heterocycles. The van der Waals surface area contributed by atoms with Crippen LogP contribution in [0.15, 0.2) is 19.1 Å². The van der Waals surface area contributed by atoms with Gasteiger partial charge in [0, 0.05) is 6.42 Å². The SMILES string of the molecule is C=Cc1c[n+](C(CCCC)S(=O)(=O)O)c[nH]1. The van der Waals surface area contributed by atoms with E-state index in [2.05, 4.69) is 11.6 Å². The molecule has 0 radical (unpaired) electrons. The number of unbranched alkanes of at least 4 members (excludes halogenated alkanes) is 1. The van der Waals surface area contributed by atoms with Crippen LogP contribution in [0.2, 0.25) is 0 Å². The van der Waals surface area contributed by atoms with Crippen LogP contribution in [0.25, 0.3) is 6.08 Å². The Labute approximate surface area is 95.6 Å². The Kier molecular flexibility index (Phi) is 4.26. The van der Waals surface area contributed by atoms with Crippen LogP contribution in [0, 0.1) is 0 Å². The van der Waals surface area contributed by atoms with Crippen molar-refractivity contribution in [3.63, 3.8) is 0 Å². The van der Waals surface area contributed by atoms with Crippen molar-refractivity contribution in [2.24, 2.45) is 0 Å². The number of H-pyrrole nitrogens is 1. The van der Waals surface area contributed by atoms with Gasteiger partial charge in [0.15, 0.2) is 5.69 Å². The van der Waals surface area contributed by atoms with E-state index in [1.165, 1.54) is 10.9 Å². The van der Waals surface area contributed by atoms with Crippen LogP contribution in [0.1, 0.15) is 37.3 Å². The van der Waals surface area contributed by atoms with E-state index < -0.39 is 15.5 Å². The van der Waals surface area contributed by atoms with E-state index >= 15 is 0 Å². The largest absolute Gasteiger partial charge is 0.307 e. The molecule has 0 spiro atoms. The van der Waals surface area contributed by atoms with Crippen LogP contribution in [0.5, 0.6) is 0 Å². The molecular formula is C10H17N2O3S+. The minimum atomic E-state index is -4.08. The summed E-state index contributed by atoms with van der Waals surface area (Å²) in [5.74, 6) is 0. The minimum absolute atomic E-state index is 0.397. The maximum Gasteiger partial charge on any atom is 0.307 e. The van der Waals surface area contributed by atoms with Crippen molar-refractivity contribution in [2.75, 3.05) is 0 Å². The predicted octanol–water partition coefficient (Wildman–Crippen LogP) is 1.52. The van der Waals surface area contributed by atoms with Crippen molar-refractivity contribution in [3.8, 4) is 0 Å². The Morgan fingerprint density at radius 3 is 2.81 bits per heavy atom. The quantitative estimate of drug-likeness (QED) is 0.589. The number of nitrogens with zero attached hydrogens (tertiary/aromatic N) is 1. The number of aromatic amines is 1. The molecule has 2 N–H and O–H groups in total. The average Bonchev–Trinajstić information content (AvgIpc) is 2.65. The van der Waals surface area contributed by atoms with Gasteiger partial charge in [-0.25, -0.2) is 9.55 Å². The Morgan fingerprint density at radius 2 is 2.38 bits per heavy atom. The second kappa shape index (κ2) is 5.27. The monoisotopic (exact) mass is 245 g/mol. The van der Waals surface area contributed by atoms with Crippen molar-refractivity contribution < 1.29 is 17.5 Å². The van der Waals surface area contributed by atoms with Gasteiger partial charge < -0.3 is 0 Å². The van der Waals surface area contributed by atoms with Gasteiger partial charge in [-0.15, -0.1) is 0 Å². The van der Waals surface area contributed by atoms with E-state index in [0.29, 0.717) is 12.1 Å². The number of nitrogens with one attached hydrogen (secondary N) is 1. The van der Waals surface area contributed by atoms with Crippen LogP contribution in [0.3, 0.4) is 0 Å². The molecule has 0 aliphatic heterocycles. The molecule has 0 bridgehead atoms. The molecule has 1 heterocycles. The Morgan fingerprint density at radius 1 is 1.69 bits per heavy atom. The summed E-state index contributed by atoms with van der Waals surface area (Å²) in [6.45, 7) is 5.54. The van der Waals surface area contributed by atoms with Crippen LogP contribution in [-0.4, -0.2) is 18.0 Å². The highest BCUT2D eigenvalue weighted by atomic mass is 32.2. The molecule has 0 amide bonds. The number of hydrogen-bond donors (Lipinski definition) is 2. The first-order valence-electron chi connectivity index (χ1n) is 5.17. The highest BCUT2D eigenvalue weighted by Crippen LogP contribution is 2.14. The summed E-state index contributed by atoms with van der Waals surface area (Å²) >= 11 is 0. The van der Waals surface area contributed by atoms with Gasteiger partial charge in [0.05, 0.1) is 0 Å². The van der Waals surface area contributed by atoms with Crippen molar-refractivity contribution in [1.29, 1.82) is 0 Å². The summed E-state index contributed by atoms with van der Waals surface area (Å²) in [4.78, 5) is 2.85.